The van der Waals surface area contributed by atoms with Crippen molar-refractivity contribution >= 4 is 17.2 Å². The smallest absolute Gasteiger partial charge is 0.253 e. The number of hydrogen-bond donors (Lipinski definition) is 1. The highest BCUT2D eigenvalue weighted by Gasteiger charge is 2.28. The zero-order chi connectivity index (χ0) is 24.9. The van der Waals surface area contributed by atoms with Crippen LogP contribution in [0, 0.1) is 13.8 Å². The molecule has 0 spiro atoms. The van der Waals surface area contributed by atoms with E-state index in [1.54, 1.807) is 17.5 Å². The fourth-order valence-corrected chi connectivity index (χ4v) is 5.74. The van der Waals surface area contributed by atoms with Gasteiger partial charge in [0, 0.05) is 37.1 Å². The Labute approximate surface area is 216 Å². The minimum atomic E-state index is -0.0845. The molecule has 1 atom stereocenters. The standard InChI is InChI=1S/C29H31N5OS/c1-20-11-13-30-21(2)27(20)29(35)33-17-22-6-3-7-23(16-22)18-34(19-26-31-14-15-36-26)25-10-4-8-24-9-5-12-32-28(24)25/h3,5-7,9,11-16,25H,4,8,10,17-19H2,1-2H3,(H,33,35). The van der Waals surface area contributed by atoms with E-state index in [-0.39, 0.29) is 11.9 Å². The van der Waals surface area contributed by atoms with Crippen molar-refractivity contribution in [2.75, 3.05) is 0 Å². The second kappa shape index (κ2) is 11.1. The van der Waals surface area contributed by atoms with Gasteiger partial charge >= 0.3 is 0 Å². The summed E-state index contributed by atoms with van der Waals surface area (Å²) in [6.07, 6.45) is 8.87. The topological polar surface area (TPSA) is 71.0 Å². The second-order valence-electron chi connectivity index (χ2n) is 9.38. The molecule has 0 saturated heterocycles. The predicted octanol–water partition coefficient (Wildman–Crippen LogP) is 5.56. The SMILES string of the molecule is Cc1ccnc(C)c1C(=O)NCc1cccc(CN(Cc2nccs2)C2CCCc3cccnc32)c1. The Morgan fingerprint density at radius 3 is 2.75 bits per heavy atom. The quantitative estimate of drug-likeness (QED) is 0.345. The maximum absolute atomic E-state index is 12.9. The van der Waals surface area contributed by atoms with Crippen LogP contribution in [0.1, 0.15) is 67.9 Å². The number of pyridine rings is 2. The lowest BCUT2D eigenvalue weighted by Gasteiger charge is -2.34. The Bertz CT molecular complexity index is 1320. The third-order valence-corrected chi connectivity index (χ3v) is 7.60. The normalized spacial score (nSPS) is 15.0. The van der Waals surface area contributed by atoms with Gasteiger partial charge in [-0.15, -0.1) is 11.3 Å². The van der Waals surface area contributed by atoms with Crippen LogP contribution in [0.25, 0.3) is 0 Å². The van der Waals surface area contributed by atoms with Crippen molar-refractivity contribution in [1.82, 2.24) is 25.2 Å². The number of amides is 1. The van der Waals surface area contributed by atoms with Gasteiger partial charge in [-0.05, 0) is 67.5 Å². The lowest BCUT2D eigenvalue weighted by atomic mass is 9.90. The summed E-state index contributed by atoms with van der Waals surface area (Å²) in [6, 6.07) is 14.9. The van der Waals surface area contributed by atoms with E-state index >= 15 is 0 Å². The second-order valence-corrected chi connectivity index (χ2v) is 10.4. The zero-order valence-electron chi connectivity index (χ0n) is 20.8. The summed E-state index contributed by atoms with van der Waals surface area (Å²) in [7, 11) is 0. The van der Waals surface area contributed by atoms with E-state index in [0.717, 1.165) is 54.2 Å². The summed E-state index contributed by atoms with van der Waals surface area (Å²) in [5.74, 6) is -0.0845. The van der Waals surface area contributed by atoms with Crippen molar-refractivity contribution < 1.29 is 4.79 Å². The Kier molecular flexibility index (Phi) is 7.49. The fourth-order valence-electron chi connectivity index (χ4n) is 5.10. The molecule has 0 saturated carbocycles. The van der Waals surface area contributed by atoms with Gasteiger partial charge in [0.15, 0.2) is 0 Å². The molecule has 0 aliphatic heterocycles. The molecule has 4 aromatic rings. The maximum atomic E-state index is 12.9. The van der Waals surface area contributed by atoms with Gasteiger partial charge in [-0.2, -0.15) is 0 Å². The van der Waals surface area contributed by atoms with E-state index < -0.39 is 0 Å². The molecule has 0 radical (unpaired) electrons. The Morgan fingerprint density at radius 2 is 1.92 bits per heavy atom. The highest BCUT2D eigenvalue weighted by atomic mass is 32.1. The third kappa shape index (κ3) is 5.53. The first-order valence-electron chi connectivity index (χ1n) is 12.4. The Morgan fingerprint density at radius 1 is 1.03 bits per heavy atom. The molecule has 1 amide bonds. The molecule has 3 aromatic heterocycles. The third-order valence-electron chi connectivity index (χ3n) is 6.83. The molecule has 184 valence electrons. The number of nitrogens with one attached hydrogen (secondary N) is 1. The number of rotatable bonds is 8. The van der Waals surface area contributed by atoms with Crippen LogP contribution >= 0.6 is 11.3 Å². The zero-order valence-corrected chi connectivity index (χ0v) is 21.6. The van der Waals surface area contributed by atoms with Gasteiger partial charge in [0.25, 0.3) is 5.91 Å². The number of thiazole rings is 1. The first kappa shape index (κ1) is 24.3. The van der Waals surface area contributed by atoms with Crippen LogP contribution in [0.4, 0.5) is 0 Å². The molecule has 1 N–H and O–H groups in total. The molecule has 1 aromatic carbocycles. The number of carbonyl (C=O) groups excluding carboxylic acids is 1. The molecule has 1 aliphatic carbocycles. The Hall–Kier alpha value is -3.42. The summed E-state index contributed by atoms with van der Waals surface area (Å²) >= 11 is 1.70. The number of benzene rings is 1. The van der Waals surface area contributed by atoms with Crippen LogP contribution in [-0.4, -0.2) is 25.8 Å². The van der Waals surface area contributed by atoms with Crippen LogP contribution < -0.4 is 5.32 Å². The average Bonchev–Trinajstić information content (AvgIpc) is 3.40. The largest absolute Gasteiger partial charge is 0.348 e. The van der Waals surface area contributed by atoms with Gasteiger partial charge in [0.1, 0.15) is 5.01 Å². The molecule has 0 fully saturated rings. The monoisotopic (exact) mass is 497 g/mol. The summed E-state index contributed by atoms with van der Waals surface area (Å²) < 4.78 is 0. The van der Waals surface area contributed by atoms with E-state index in [4.69, 9.17) is 4.98 Å². The van der Waals surface area contributed by atoms with E-state index in [1.807, 2.05) is 43.8 Å². The van der Waals surface area contributed by atoms with Gasteiger partial charge in [-0.25, -0.2) is 4.98 Å². The number of nitrogens with zero attached hydrogens (tertiary/aromatic N) is 4. The molecule has 0 bridgehead atoms. The minimum Gasteiger partial charge on any atom is -0.348 e. The lowest BCUT2D eigenvalue weighted by Crippen LogP contribution is -2.31. The van der Waals surface area contributed by atoms with Crippen LogP contribution in [0.5, 0.6) is 0 Å². The highest BCUT2D eigenvalue weighted by Crippen LogP contribution is 2.35. The van der Waals surface area contributed by atoms with Gasteiger partial charge < -0.3 is 5.32 Å². The van der Waals surface area contributed by atoms with E-state index in [9.17, 15) is 4.79 Å². The van der Waals surface area contributed by atoms with Crippen LogP contribution in [0.2, 0.25) is 0 Å². The minimum absolute atomic E-state index is 0.0845. The molecule has 6 nitrogen and oxygen atoms in total. The summed E-state index contributed by atoms with van der Waals surface area (Å²) in [4.78, 5) is 29.0. The molecule has 1 aliphatic rings. The molecule has 5 rings (SSSR count). The predicted molar refractivity (Wildman–Crippen MR) is 143 cm³/mol. The van der Waals surface area contributed by atoms with E-state index in [1.165, 1.54) is 16.8 Å². The van der Waals surface area contributed by atoms with Crippen LogP contribution in [-0.2, 0) is 26.1 Å². The van der Waals surface area contributed by atoms with Crippen molar-refractivity contribution in [2.45, 2.75) is 58.8 Å². The van der Waals surface area contributed by atoms with Gasteiger partial charge in [-0.3, -0.25) is 19.7 Å². The molecule has 7 heteroatoms. The van der Waals surface area contributed by atoms with E-state index in [2.05, 4.69) is 50.5 Å². The molecular formula is C29H31N5OS. The van der Waals surface area contributed by atoms with Crippen molar-refractivity contribution in [3.63, 3.8) is 0 Å². The summed E-state index contributed by atoms with van der Waals surface area (Å²) in [6.45, 7) is 5.87. The molecular weight excluding hydrogens is 466 g/mol. The van der Waals surface area contributed by atoms with Crippen LogP contribution in [0.15, 0.2) is 66.4 Å². The van der Waals surface area contributed by atoms with Crippen molar-refractivity contribution in [3.8, 4) is 0 Å². The Balaban J connectivity index is 1.33. The van der Waals surface area contributed by atoms with Gasteiger partial charge in [-0.1, -0.05) is 30.3 Å². The van der Waals surface area contributed by atoms with E-state index in [0.29, 0.717) is 12.1 Å². The van der Waals surface area contributed by atoms with Gasteiger partial charge in [0.2, 0.25) is 0 Å². The summed E-state index contributed by atoms with van der Waals surface area (Å²) in [5.41, 5.74) is 7.20. The molecule has 1 unspecified atom stereocenters. The highest BCUT2D eigenvalue weighted by molar-refractivity contribution is 7.09. The molecule has 36 heavy (non-hydrogen) atoms. The number of hydrogen-bond acceptors (Lipinski definition) is 6. The van der Waals surface area contributed by atoms with Crippen LogP contribution in [0.3, 0.4) is 0 Å². The van der Waals surface area contributed by atoms with Crippen molar-refractivity contribution in [2.24, 2.45) is 0 Å². The number of aryl methyl sites for hydroxylation is 3. The molecule has 3 heterocycles. The van der Waals surface area contributed by atoms with Gasteiger partial charge in [0.05, 0.1) is 29.5 Å². The maximum Gasteiger partial charge on any atom is 0.253 e. The lowest BCUT2D eigenvalue weighted by molar-refractivity contribution is 0.0949. The number of aromatic nitrogens is 3. The number of fused-ring (bicyclic) bond motifs is 1. The fraction of sp³-hybridized carbons (Fsp3) is 0.310. The number of carbonyl (C=O) groups is 1. The first-order valence-corrected chi connectivity index (χ1v) is 13.3. The van der Waals surface area contributed by atoms with Crippen molar-refractivity contribution in [1.29, 1.82) is 0 Å². The summed E-state index contributed by atoms with van der Waals surface area (Å²) in [5, 5.41) is 6.23. The first-order chi connectivity index (χ1) is 17.6. The average molecular weight is 498 g/mol. The van der Waals surface area contributed by atoms with Crippen molar-refractivity contribution in [3.05, 3.63) is 111 Å².